The molecule has 1 amide bonds. The normalized spacial score (nSPS) is 16.6. The third kappa shape index (κ3) is 9.47. The molecular formula is C20H27F2N3O6. The lowest BCUT2D eigenvalue weighted by atomic mass is 10.1. The standard InChI is InChI=1S/C20H27F2N3O6/c21-20(22)31-13-16(24-18(27)12-25-6-8-30-9-7-25)17(26)11-23-15(19(28)29)10-14-4-2-1-3-5-14/h1-5,15-16,20,23H,6-13H2,(H,24,27)(H,28,29)/t15-,16-/m0/s1. The number of Topliss-reactive ketones (excluding diaryl/α,β-unsaturated/α-hetero) is 1. The number of alkyl halides is 2. The Kier molecular flexibility index (Phi) is 10.4. The highest BCUT2D eigenvalue weighted by Gasteiger charge is 2.26. The molecule has 1 aliphatic heterocycles. The molecule has 1 saturated heterocycles. The fourth-order valence-corrected chi connectivity index (χ4v) is 3.03. The molecule has 0 saturated carbocycles. The smallest absolute Gasteiger partial charge is 0.345 e. The van der Waals surface area contributed by atoms with E-state index in [2.05, 4.69) is 15.4 Å². The number of hydrogen-bond acceptors (Lipinski definition) is 7. The van der Waals surface area contributed by atoms with Crippen molar-refractivity contribution >= 4 is 17.7 Å². The largest absolute Gasteiger partial charge is 0.480 e. The molecule has 0 spiro atoms. The zero-order chi connectivity index (χ0) is 22.6. The molecule has 31 heavy (non-hydrogen) atoms. The molecule has 0 aromatic heterocycles. The highest BCUT2D eigenvalue weighted by atomic mass is 19.3. The monoisotopic (exact) mass is 443 g/mol. The second kappa shape index (κ2) is 13.1. The molecule has 2 rings (SSSR count). The first-order valence-corrected chi connectivity index (χ1v) is 9.87. The van der Waals surface area contributed by atoms with Gasteiger partial charge in [0.2, 0.25) is 5.91 Å². The molecule has 172 valence electrons. The number of ether oxygens (including phenoxy) is 2. The Morgan fingerprint density at radius 3 is 2.42 bits per heavy atom. The van der Waals surface area contributed by atoms with Gasteiger partial charge in [-0.15, -0.1) is 0 Å². The predicted molar refractivity (Wildman–Crippen MR) is 106 cm³/mol. The van der Waals surface area contributed by atoms with Crippen molar-refractivity contribution in [1.82, 2.24) is 15.5 Å². The molecule has 11 heteroatoms. The average Bonchev–Trinajstić information content (AvgIpc) is 2.75. The summed E-state index contributed by atoms with van der Waals surface area (Å²) in [7, 11) is 0. The van der Waals surface area contributed by atoms with Crippen LogP contribution in [-0.2, 0) is 30.3 Å². The van der Waals surface area contributed by atoms with Gasteiger partial charge in [0, 0.05) is 13.1 Å². The van der Waals surface area contributed by atoms with Crippen molar-refractivity contribution in [2.45, 2.75) is 25.1 Å². The number of halogens is 2. The van der Waals surface area contributed by atoms with E-state index in [1.165, 1.54) is 0 Å². The summed E-state index contributed by atoms with van der Waals surface area (Å²) in [6, 6.07) is 6.44. The first-order chi connectivity index (χ1) is 14.8. The quantitative estimate of drug-likeness (QED) is 0.387. The van der Waals surface area contributed by atoms with Gasteiger partial charge in [-0.25, -0.2) is 0 Å². The van der Waals surface area contributed by atoms with Gasteiger partial charge in [-0.2, -0.15) is 8.78 Å². The van der Waals surface area contributed by atoms with Crippen LogP contribution in [0.3, 0.4) is 0 Å². The second-order valence-corrected chi connectivity index (χ2v) is 7.03. The Bertz CT molecular complexity index is 716. The molecule has 1 fully saturated rings. The number of amides is 1. The summed E-state index contributed by atoms with van der Waals surface area (Å²) in [6.07, 6.45) is 0.130. The van der Waals surface area contributed by atoms with Crippen LogP contribution in [-0.4, -0.2) is 92.4 Å². The van der Waals surface area contributed by atoms with Gasteiger partial charge in [0.05, 0.1) is 32.9 Å². The summed E-state index contributed by atoms with van der Waals surface area (Å²) in [5.41, 5.74) is 0.756. The van der Waals surface area contributed by atoms with Gasteiger partial charge in [0.1, 0.15) is 12.1 Å². The number of benzene rings is 1. The van der Waals surface area contributed by atoms with Crippen LogP contribution in [0, 0.1) is 0 Å². The van der Waals surface area contributed by atoms with Gasteiger partial charge < -0.3 is 19.9 Å². The van der Waals surface area contributed by atoms with E-state index in [0.29, 0.717) is 26.3 Å². The molecule has 9 nitrogen and oxygen atoms in total. The van der Waals surface area contributed by atoms with Crippen molar-refractivity contribution in [3.63, 3.8) is 0 Å². The molecule has 0 bridgehead atoms. The Balaban J connectivity index is 1.92. The SMILES string of the molecule is O=C(CN1CCOCC1)N[C@@H](COC(F)F)C(=O)CN[C@@H](Cc1ccccc1)C(=O)O. The third-order valence-corrected chi connectivity index (χ3v) is 4.69. The van der Waals surface area contributed by atoms with Crippen molar-refractivity contribution in [3.8, 4) is 0 Å². The average molecular weight is 443 g/mol. The van der Waals surface area contributed by atoms with Crippen molar-refractivity contribution in [1.29, 1.82) is 0 Å². The highest BCUT2D eigenvalue weighted by molar-refractivity contribution is 5.91. The van der Waals surface area contributed by atoms with E-state index in [1.807, 2.05) is 4.90 Å². The number of morpholine rings is 1. The highest BCUT2D eigenvalue weighted by Crippen LogP contribution is 2.04. The van der Waals surface area contributed by atoms with Crippen LogP contribution in [0.15, 0.2) is 30.3 Å². The number of carboxylic acids is 1. The van der Waals surface area contributed by atoms with E-state index in [-0.39, 0.29) is 13.0 Å². The number of hydrogen-bond donors (Lipinski definition) is 3. The second-order valence-electron chi connectivity index (χ2n) is 7.03. The van der Waals surface area contributed by atoms with Crippen LogP contribution >= 0.6 is 0 Å². The Morgan fingerprint density at radius 2 is 1.81 bits per heavy atom. The third-order valence-electron chi connectivity index (χ3n) is 4.69. The molecule has 0 radical (unpaired) electrons. The molecule has 0 aliphatic carbocycles. The van der Waals surface area contributed by atoms with Gasteiger partial charge in [-0.3, -0.25) is 24.6 Å². The minimum atomic E-state index is -3.11. The molecule has 2 atom stereocenters. The van der Waals surface area contributed by atoms with Crippen LogP contribution in [0.25, 0.3) is 0 Å². The minimum absolute atomic E-state index is 0.0129. The van der Waals surface area contributed by atoms with Gasteiger partial charge in [0.25, 0.3) is 0 Å². The van der Waals surface area contributed by atoms with Gasteiger partial charge in [-0.05, 0) is 12.0 Å². The van der Waals surface area contributed by atoms with E-state index >= 15 is 0 Å². The van der Waals surface area contributed by atoms with Gasteiger partial charge in [0.15, 0.2) is 5.78 Å². The van der Waals surface area contributed by atoms with Crippen molar-refractivity contribution in [3.05, 3.63) is 35.9 Å². The number of rotatable bonds is 13. The number of nitrogens with one attached hydrogen (secondary N) is 2. The fourth-order valence-electron chi connectivity index (χ4n) is 3.03. The first-order valence-electron chi connectivity index (χ1n) is 9.87. The van der Waals surface area contributed by atoms with E-state index < -0.39 is 49.5 Å². The first kappa shape index (κ1) is 24.8. The van der Waals surface area contributed by atoms with E-state index in [1.54, 1.807) is 30.3 Å². The number of carboxylic acid groups (broad SMARTS) is 1. The van der Waals surface area contributed by atoms with Crippen LogP contribution in [0.2, 0.25) is 0 Å². The molecule has 1 aromatic carbocycles. The predicted octanol–water partition coefficient (Wildman–Crippen LogP) is -0.103. The van der Waals surface area contributed by atoms with E-state index in [0.717, 1.165) is 5.56 Å². The van der Waals surface area contributed by atoms with Crippen molar-refractivity contribution < 1.29 is 37.7 Å². The maximum Gasteiger partial charge on any atom is 0.345 e. The summed E-state index contributed by atoms with van der Waals surface area (Å²) in [6.45, 7) is -2.23. The van der Waals surface area contributed by atoms with Crippen molar-refractivity contribution in [2.24, 2.45) is 0 Å². The number of aliphatic carboxylic acids is 1. The van der Waals surface area contributed by atoms with Crippen LogP contribution < -0.4 is 10.6 Å². The maximum absolute atomic E-state index is 12.5. The van der Waals surface area contributed by atoms with Gasteiger partial charge >= 0.3 is 12.6 Å². The number of ketones is 1. The fraction of sp³-hybridized carbons (Fsp3) is 0.550. The summed E-state index contributed by atoms with van der Waals surface area (Å²) in [5, 5.41) is 14.4. The maximum atomic E-state index is 12.5. The summed E-state index contributed by atoms with van der Waals surface area (Å²) < 4.78 is 34.4. The zero-order valence-electron chi connectivity index (χ0n) is 17.0. The van der Waals surface area contributed by atoms with Crippen LogP contribution in [0.1, 0.15) is 5.56 Å². The minimum Gasteiger partial charge on any atom is -0.480 e. The summed E-state index contributed by atoms with van der Waals surface area (Å²) >= 11 is 0. The van der Waals surface area contributed by atoms with Crippen LogP contribution in [0.4, 0.5) is 8.78 Å². The summed E-state index contributed by atoms with van der Waals surface area (Å²) in [5.74, 6) is -2.33. The van der Waals surface area contributed by atoms with Crippen molar-refractivity contribution in [2.75, 3.05) is 46.0 Å². The van der Waals surface area contributed by atoms with Gasteiger partial charge in [-0.1, -0.05) is 30.3 Å². The summed E-state index contributed by atoms with van der Waals surface area (Å²) in [4.78, 5) is 38.1. The van der Waals surface area contributed by atoms with E-state index in [4.69, 9.17) is 4.74 Å². The number of carbonyl (C=O) groups excluding carboxylic acids is 2. The molecule has 1 aromatic rings. The lowest BCUT2D eigenvalue weighted by Crippen LogP contribution is -2.52. The lowest BCUT2D eigenvalue weighted by molar-refractivity contribution is -0.146. The molecule has 3 N–H and O–H groups in total. The van der Waals surface area contributed by atoms with E-state index in [9.17, 15) is 28.3 Å². The topological polar surface area (TPSA) is 117 Å². The molecular weight excluding hydrogens is 416 g/mol. The lowest BCUT2D eigenvalue weighted by Gasteiger charge is -2.27. The molecule has 1 heterocycles. The molecule has 0 unspecified atom stereocenters. The number of carbonyl (C=O) groups is 3. The zero-order valence-corrected chi connectivity index (χ0v) is 17.0. The Hall–Kier alpha value is -2.47. The Labute approximate surface area is 178 Å². The Morgan fingerprint density at radius 1 is 1.13 bits per heavy atom. The van der Waals surface area contributed by atoms with Crippen LogP contribution in [0.5, 0.6) is 0 Å². The molecule has 1 aliphatic rings. The number of nitrogens with zero attached hydrogens (tertiary/aromatic N) is 1.